The van der Waals surface area contributed by atoms with Crippen molar-refractivity contribution < 1.29 is 17.9 Å². The Kier molecular flexibility index (Phi) is 5.77. The lowest BCUT2D eigenvalue weighted by Crippen LogP contribution is -2.58. The van der Waals surface area contributed by atoms with Gasteiger partial charge in [-0.2, -0.15) is 0 Å². The van der Waals surface area contributed by atoms with E-state index >= 15 is 0 Å². The number of hydrogen-bond donors (Lipinski definition) is 2. The summed E-state index contributed by atoms with van der Waals surface area (Å²) in [5, 5.41) is 12.4. The van der Waals surface area contributed by atoms with E-state index in [-0.39, 0.29) is 35.2 Å². The Bertz CT molecular complexity index is 1310. The fourth-order valence-electron chi connectivity index (χ4n) is 5.97. The lowest BCUT2D eigenvalue weighted by molar-refractivity contribution is -0.121. The first-order valence-electron chi connectivity index (χ1n) is 11.9. The highest BCUT2D eigenvalue weighted by Gasteiger charge is 2.48. The van der Waals surface area contributed by atoms with E-state index in [2.05, 4.69) is 33.7 Å². The highest BCUT2D eigenvalue weighted by Crippen LogP contribution is 2.44. The minimum Gasteiger partial charge on any atom is -0.384 e. The quantitative estimate of drug-likeness (QED) is 0.589. The molecule has 2 aliphatic rings. The molecule has 0 aliphatic carbocycles. The van der Waals surface area contributed by atoms with Crippen LogP contribution in [0.5, 0.6) is 0 Å². The third-order valence-electron chi connectivity index (χ3n) is 7.90. The summed E-state index contributed by atoms with van der Waals surface area (Å²) in [6, 6.07) is 3.90. The molecule has 1 unspecified atom stereocenters. The van der Waals surface area contributed by atoms with Crippen molar-refractivity contribution in [3.63, 3.8) is 0 Å². The second-order valence-corrected chi connectivity index (χ2v) is 12.4. The van der Waals surface area contributed by atoms with Crippen molar-refractivity contribution in [2.45, 2.75) is 45.3 Å². The molecule has 5 heterocycles. The van der Waals surface area contributed by atoms with Gasteiger partial charge in [-0.25, -0.2) is 17.8 Å². The number of aryl methyl sites for hydroxylation is 1. The van der Waals surface area contributed by atoms with Gasteiger partial charge in [-0.3, -0.25) is 9.88 Å². The molecule has 34 heavy (non-hydrogen) atoms. The van der Waals surface area contributed by atoms with Gasteiger partial charge < -0.3 is 10.1 Å². The number of fused-ring (bicyclic) bond motifs is 1. The Balaban J connectivity index is 1.43. The average molecular weight is 487 g/mol. The SMILES string of the molecule is Cc1cc(-c2ccnc3[nH]cc(F)c23)ncc1C1(O)[C@H](C)CN(C2CCS(=O)(=O)CC2)C[C@@H]1C. The predicted molar refractivity (Wildman–Crippen MR) is 129 cm³/mol. The second-order valence-electron chi connectivity index (χ2n) is 10.1. The molecule has 7 nitrogen and oxygen atoms in total. The number of aliphatic hydroxyl groups is 1. The molecular formula is C25H31FN4O3S. The van der Waals surface area contributed by atoms with Crippen molar-refractivity contribution in [2.24, 2.45) is 11.8 Å². The standard InChI is InChI=1S/C25H31FN4O3S/c1-15-10-22(19-4-7-27-24-23(19)21(26)12-29-24)28-11-20(15)25(31)16(2)13-30(14-17(25)3)18-5-8-34(32,33)9-6-18/h4,7,10-12,16-18,31H,5-6,8-9,13-14H2,1-3H3,(H,27,29)/t16-,17+,25?. The Hall–Kier alpha value is -2.36. The number of piperidine rings is 1. The predicted octanol–water partition coefficient (Wildman–Crippen LogP) is 3.43. The van der Waals surface area contributed by atoms with E-state index in [1.807, 2.05) is 13.0 Å². The van der Waals surface area contributed by atoms with Gasteiger partial charge in [-0.15, -0.1) is 0 Å². The summed E-state index contributed by atoms with van der Waals surface area (Å²) in [4.78, 5) is 14.0. The normalized spacial score (nSPS) is 28.4. The van der Waals surface area contributed by atoms with E-state index in [9.17, 15) is 17.9 Å². The summed E-state index contributed by atoms with van der Waals surface area (Å²) in [5.41, 5.74) is 2.42. The van der Waals surface area contributed by atoms with Crippen LogP contribution in [0.2, 0.25) is 0 Å². The number of hydrogen-bond acceptors (Lipinski definition) is 6. The number of rotatable bonds is 3. The molecule has 0 spiro atoms. The molecule has 182 valence electrons. The van der Waals surface area contributed by atoms with Crippen LogP contribution in [0.1, 0.15) is 37.8 Å². The third-order valence-corrected chi connectivity index (χ3v) is 9.62. The van der Waals surface area contributed by atoms with E-state index in [1.165, 1.54) is 6.20 Å². The van der Waals surface area contributed by atoms with Crippen molar-refractivity contribution in [1.82, 2.24) is 19.9 Å². The molecule has 3 aromatic heterocycles. The largest absolute Gasteiger partial charge is 0.384 e. The minimum atomic E-state index is -2.91. The Morgan fingerprint density at radius 3 is 2.50 bits per heavy atom. The van der Waals surface area contributed by atoms with Crippen LogP contribution in [0.3, 0.4) is 0 Å². The van der Waals surface area contributed by atoms with Crippen molar-refractivity contribution in [3.8, 4) is 11.3 Å². The van der Waals surface area contributed by atoms with Gasteiger partial charge in [-0.1, -0.05) is 13.8 Å². The maximum absolute atomic E-state index is 14.4. The Labute approximate surface area is 199 Å². The summed E-state index contributed by atoms with van der Waals surface area (Å²) in [7, 11) is -2.91. The maximum atomic E-state index is 14.4. The molecule has 3 aromatic rings. The van der Waals surface area contributed by atoms with Gasteiger partial charge in [0.05, 0.1) is 28.2 Å². The first-order valence-corrected chi connectivity index (χ1v) is 13.7. The zero-order valence-electron chi connectivity index (χ0n) is 19.8. The number of H-pyrrole nitrogens is 1. The zero-order valence-corrected chi connectivity index (χ0v) is 20.6. The van der Waals surface area contributed by atoms with Gasteiger partial charge in [0.2, 0.25) is 0 Å². The van der Waals surface area contributed by atoms with Crippen LogP contribution in [0.25, 0.3) is 22.3 Å². The molecule has 9 heteroatoms. The van der Waals surface area contributed by atoms with Gasteiger partial charge >= 0.3 is 0 Å². The number of aromatic nitrogens is 3. The Morgan fingerprint density at radius 2 is 1.85 bits per heavy atom. The van der Waals surface area contributed by atoms with E-state index < -0.39 is 15.4 Å². The summed E-state index contributed by atoms with van der Waals surface area (Å²) in [6.07, 6.45) is 5.97. The molecule has 2 aliphatic heterocycles. The molecule has 0 bridgehead atoms. The molecule has 5 rings (SSSR count). The lowest BCUT2D eigenvalue weighted by atomic mass is 9.69. The van der Waals surface area contributed by atoms with E-state index in [0.717, 1.165) is 11.1 Å². The fraction of sp³-hybridized carbons (Fsp3) is 0.520. The highest BCUT2D eigenvalue weighted by molar-refractivity contribution is 7.91. The summed E-state index contributed by atoms with van der Waals surface area (Å²) in [6.45, 7) is 7.47. The minimum absolute atomic E-state index is 0.0594. The van der Waals surface area contributed by atoms with Gasteiger partial charge in [0, 0.05) is 60.7 Å². The van der Waals surface area contributed by atoms with E-state index in [4.69, 9.17) is 0 Å². The van der Waals surface area contributed by atoms with Crippen molar-refractivity contribution in [3.05, 3.63) is 47.7 Å². The second kappa shape index (κ2) is 8.39. The number of pyridine rings is 2. The van der Waals surface area contributed by atoms with Gasteiger partial charge in [-0.05, 0) is 37.5 Å². The molecule has 2 fully saturated rings. The number of halogens is 1. The van der Waals surface area contributed by atoms with Crippen LogP contribution in [0, 0.1) is 24.6 Å². The van der Waals surface area contributed by atoms with Gasteiger partial charge in [0.15, 0.2) is 5.82 Å². The molecule has 2 saturated heterocycles. The molecule has 0 amide bonds. The van der Waals surface area contributed by atoms with Crippen molar-refractivity contribution >= 4 is 20.9 Å². The summed E-state index contributed by atoms with van der Waals surface area (Å²) < 4.78 is 38.1. The Morgan fingerprint density at radius 1 is 1.18 bits per heavy atom. The summed E-state index contributed by atoms with van der Waals surface area (Å²) >= 11 is 0. The first kappa shape index (κ1) is 23.4. The zero-order chi connectivity index (χ0) is 24.3. The fourth-order valence-corrected chi connectivity index (χ4v) is 7.43. The van der Waals surface area contributed by atoms with Crippen molar-refractivity contribution in [2.75, 3.05) is 24.6 Å². The lowest BCUT2D eigenvalue weighted by Gasteiger charge is -2.51. The van der Waals surface area contributed by atoms with Crippen LogP contribution in [0.15, 0.2) is 30.7 Å². The van der Waals surface area contributed by atoms with Gasteiger partial charge in [0.1, 0.15) is 15.5 Å². The smallest absolute Gasteiger partial charge is 0.150 e. The van der Waals surface area contributed by atoms with Crippen LogP contribution in [0.4, 0.5) is 4.39 Å². The monoisotopic (exact) mass is 486 g/mol. The molecule has 2 N–H and O–H groups in total. The van der Waals surface area contributed by atoms with Crippen LogP contribution < -0.4 is 0 Å². The number of nitrogens with one attached hydrogen (secondary N) is 1. The van der Waals surface area contributed by atoms with E-state index in [0.29, 0.717) is 48.2 Å². The molecule has 0 aromatic carbocycles. The first-order chi connectivity index (χ1) is 16.1. The van der Waals surface area contributed by atoms with E-state index in [1.54, 1.807) is 18.5 Å². The number of nitrogens with zero attached hydrogens (tertiary/aromatic N) is 3. The molecule has 0 saturated carbocycles. The van der Waals surface area contributed by atoms with Crippen LogP contribution in [-0.2, 0) is 15.4 Å². The number of sulfone groups is 1. The van der Waals surface area contributed by atoms with Crippen LogP contribution >= 0.6 is 0 Å². The summed E-state index contributed by atoms with van der Waals surface area (Å²) in [5.74, 6) is 0.00272. The third kappa shape index (κ3) is 3.83. The number of aromatic amines is 1. The number of likely N-dealkylation sites (tertiary alicyclic amines) is 1. The van der Waals surface area contributed by atoms with Crippen LogP contribution in [-0.4, -0.2) is 64.0 Å². The van der Waals surface area contributed by atoms with Gasteiger partial charge in [0.25, 0.3) is 0 Å². The highest BCUT2D eigenvalue weighted by atomic mass is 32.2. The molecular weight excluding hydrogens is 455 g/mol. The van der Waals surface area contributed by atoms with Crippen molar-refractivity contribution in [1.29, 1.82) is 0 Å². The maximum Gasteiger partial charge on any atom is 0.150 e. The average Bonchev–Trinajstić information content (AvgIpc) is 3.18. The topological polar surface area (TPSA) is 99.2 Å². The molecule has 0 radical (unpaired) electrons. The molecule has 3 atom stereocenters.